The van der Waals surface area contributed by atoms with Crippen LogP contribution in [0.5, 0.6) is 0 Å². The van der Waals surface area contributed by atoms with Crippen molar-refractivity contribution >= 4 is 10.0 Å². The highest BCUT2D eigenvalue weighted by Gasteiger charge is 2.29. The van der Waals surface area contributed by atoms with E-state index in [2.05, 4.69) is 0 Å². The second-order valence-corrected chi connectivity index (χ2v) is 7.23. The van der Waals surface area contributed by atoms with Crippen molar-refractivity contribution in [3.8, 4) is 0 Å². The maximum Gasteiger partial charge on any atom is 0.244 e. The average Bonchev–Trinajstić information content (AvgIpc) is 2.84. The molecule has 0 saturated heterocycles. The molecule has 1 unspecified atom stereocenters. The lowest BCUT2D eigenvalue weighted by Crippen LogP contribution is -2.40. The molecular weight excluding hydrogens is 292 g/mol. The second kappa shape index (κ2) is 7.40. The fourth-order valence-electron chi connectivity index (χ4n) is 2.42. The molecule has 0 aliphatic carbocycles. The summed E-state index contributed by atoms with van der Waals surface area (Å²) in [5.41, 5.74) is 0.596. The van der Waals surface area contributed by atoms with Crippen LogP contribution in [0.2, 0.25) is 0 Å². The van der Waals surface area contributed by atoms with Gasteiger partial charge >= 0.3 is 0 Å². The van der Waals surface area contributed by atoms with Crippen LogP contribution in [-0.2, 0) is 21.4 Å². The van der Waals surface area contributed by atoms with Crippen LogP contribution < -0.4 is 0 Å². The molecule has 1 aromatic rings. The SMILES string of the molecule is CCN(C(C)COC)S(=O)(=O)c1cc(CO)n(C(C)C)c1. The number of nitrogens with zero attached hydrogens (tertiary/aromatic N) is 2. The van der Waals surface area contributed by atoms with Gasteiger partial charge in [0.25, 0.3) is 0 Å². The van der Waals surface area contributed by atoms with Crippen molar-refractivity contribution in [3.63, 3.8) is 0 Å². The smallest absolute Gasteiger partial charge is 0.244 e. The van der Waals surface area contributed by atoms with Crippen LogP contribution in [0.3, 0.4) is 0 Å². The highest BCUT2D eigenvalue weighted by molar-refractivity contribution is 7.89. The molecule has 1 rings (SSSR count). The first kappa shape index (κ1) is 18.2. The summed E-state index contributed by atoms with van der Waals surface area (Å²) >= 11 is 0. The molecule has 0 fully saturated rings. The number of likely N-dealkylation sites (N-methyl/N-ethyl adjacent to an activating group) is 1. The minimum absolute atomic E-state index is 0.0857. The van der Waals surface area contributed by atoms with E-state index in [0.717, 1.165) is 0 Å². The zero-order chi connectivity index (χ0) is 16.2. The molecule has 1 aromatic heterocycles. The Kier molecular flexibility index (Phi) is 6.40. The fourth-order valence-corrected chi connectivity index (χ4v) is 4.10. The second-order valence-electron chi connectivity index (χ2n) is 5.34. The Hall–Kier alpha value is -0.890. The summed E-state index contributed by atoms with van der Waals surface area (Å²) in [6.45, 7) is 8.03. The highest BCUT2D eigenvalue weighted by Crippen LogP contribution is 2.23. The topological polar surface area (TPSA) is 71.8 Å². The predicted molar refractivity (Wildman–Crippen MR) is 81.6 cm³/mol. The maximum atomic E-state index is 12.8. The number of sulfonamides is 1. The van der Waals surface area contributed by atoms with Crippen LogP contribution in [0, 0.1) is 0 Å². The molecule has 21 heavy (non-hydrogen) atoms. The van der Waals surface area contributed by atoms with Gasteiger partial charge in [-0.15, -0.1) is 0 Å². The molecule has 0 aromatic carbocycles. The van der Waals surface area contributed by atoms with E-state index in [4.69, 9.17) is 4.74 Å². The van der Waals surface area contributed by atoms with Gasteiger partial charge < -0.3 is 14.4 Å². The van der Waals surface area contributed by atoms with Gasteiger partial charge in [0.2, 0.25) is 10.0 Å². The van der Waals surface area contributed by atoms with E-state index in [1.54, 1.807) is 24.8 Å². The summed E-state index contributed by atoms with van der Waals surface area (Å²) in [7, 11) is -2.04. The van der Waals surface area contributed by atoms with Gasteiger partial charge in [0.15, 0.2) is 0 Å². The van der Waals surface area contributed by atoms with Gasteiger partial charge in [0, 0.05) is 37.6 Å². The van der Waals surface area contributed by atoms with Crippen molar-refractivity contribution in [1.29, 1.82) is 0 Å². The first-order chi connectivity index (χ1) is 9.79. The van der Waals surface area contributed by atoms with E-state index in [0.29, 0.717) is 18.8 Å². The summed E-state index contributed by atoms with van der Waals surface area (Å²) in [5, 5.41) is 9.39. The summed E-state index contributed by atoms with van der Waals surface area (Å²) in [6, 6.07) is 1.38. The molecule has 7 heteroatoms. The van der Waals surface area contributed by atoms with Crippen LogP contribution in [0.4, 0.5) is 0 Å². The molecule has 1 heterocycles. The number of ether oxygens (including phenoxy) is 1. The Bertz CT molecular complexity index is 551. The van der Waals surface area contributed by atoms with Gasteiger partial charge in [-0.25, -0.2) is 8.42 Å². The van der Waals surface area contributed by atoms with Crippen molar-refractivity contribution in [3.05, 3.63) is 18.0 Å². The summed E-state index contributed by atoms with van der Waals surface area (Å²) in [4.78, 5) is 0.213. The Morgan fingerprint density at radius 3 is 2.38 bits per heavy atom. The van der Waals surface area contributed by atoms with Crippen LogP contribution in [0.15, 0.2) is 17.2 Å². The quantitative estimate of drug-likeness (QED) is 0.790. The molecule has 0 aliphatic rings. The Balaban J connectivity index is 3.23. The van der Waals surface area contributed by atoms with Crippen molar-refractivity contribution < 1.29 is 18.3 Å². The van der Waals surface area contributed by atoms with E-state index in [1.807, 2.05) is 20.8 Å². The number of methoxy groups -OCH3 is 1. The zero-order valence-corrected chi connectivity index (χ0v) is 14.2. The monoisotopic (exact) mass is 318 g/mol. The molecule has 0 amide bonds. The summed E-state index contributed by atoms with van der Waals surface area (Å²) < 4.78 is 33.8. The van der Waals surface area contributed by atoms with Gasteiger partial charge in [-0.05, 0) is 26.8 Å². The predicted octanol–water partition coefficient (Wildman–Crippen LogP) is 1.61. The van der Waals surface area contributed by atoms with E-state index < -0.39 is 10.0 Å². The van der Waals surface area contributed by atoms with Crippen LogP contribution in [0.25, 0.3) is 0 Å². The number of aromatic nitrogens is 1. The van der Waals surface area contributed by atoms with Gasteiger partial charge in [-0.1, -0.05) is 6.92 Å². The molecule has 0 radical (unpaired) electrons. The summed E-state index contributed by atoms with van der Waals surface area (Å²) in [6.07, 6.45) is 1.59. The number of hydrogen-bond acceptors (Lipinski definition) is 4. The standard InChI is InChI=1S/C14H26N2O4S/c1-6-16(12(4)10-20-5)21(18,19)14-7-13(9-17)15(8-14)11(2)3/h7-8,11-12,17H,6,9-10H2,1-5H3. The third kappa shape index (κ3) is 3.85. The van der Waals surface area contributed by atoms with Gasteiger partial charge in [0.05, 0.1) is 13.2 Å². The average molecular weight is 318 g/mol. The minimum Gasteiger partial charge on any atom is -0.390 e. The first-order valence-corrected chi connectivity index (χ1v) is 8.55. The van der Waals surface area contributed by atoms with E-state index in [9.17, 15) is 13.5 Å². The third-order valence-corrected chi connectivity index (χ3v) is 5.50. The molecular formula is C14H26N2O4S. The first-order valence-electron chi connectivity index (χ1n) is 7.11. The van der Waals surface area contributed by atoms with Crippen molar-refractivity contribution in [2.24, 2.45) is 0 Å². The van der Waals surface area contributed by atoms with Crippen LogP contribution in [0.1, 0.15) is 39.4 Å². The number of hydrogen-bond donors (Lipinski definition) is 1. The largest absolute Gasteiger partial charge is 0.390 e. The van der Waals surface area contributed by atoms with Crippen molar-refractivity contribution in [1.82, 2.24) is 8.87 Å². The minimum atomic E-state index is -3.60. The zero-order valence-electron chi connectivity index (χ0n) is 13.4. The molecule has 0 spiro atoms. The molecule has 0 saturated carbocycles. The molecule has 6 nitrogen and oxygen atoms in total. The van der Waals surface area contributed by atoms with Crippen LogP contribution >= 0.6 is 0 Å². The summed E-state index contributed by atoms with van der Waals surface area (Å²) in [5.74, 6) is 0. The Morgan fingerprint density at radius 2 is 2.00 bits per heavy atom. The van der Waals surface area contributed by atoms with Crippen LogP contribution in [-0.4, -0.2) is 48.7 Å². The number of rotatable bonds is 8. The van der Waals surface area contributed by atoms with Crippen molar-refractivity contribution in [2.45, 2.75) is 51.3 Å². The third-order valence-electron chi connectivity index (χ3n) is 3.44. The lowest BCUT2D eigenvalue weighted by molar-refractivity contribution is 0.142. The Morgan fingerprint density at radius 1 is 1.38 bits per heavy atom. The van der Waals surface area contributed by atoms with Crippen molar-refractivity contribution in [2.75, 3.05) is 20.3 Å². The highest BCUT2D eigenvalue weighted by atomic mass is 32.2. The van der Waals surface area contributed by atoms with Gasteiger partial charge in [-0.3, -0.25) is 0 Å². The maximum absolute atomic E-state index is 12.8. The molecule has 122 valence electrons. The van der Waals surface area contributed by atoms with E-state index >= 15 is 0 Å². The number of aliphatic hydroxyl groups is 1. The molecule has 1 N–H and O–H groups in total. The molecule has 0 aliphatic heterocycles. The van der Waals surface area contributed by atoms with Gasteiger partial charge in [0.1, 0.15) is 4.90 Å². The fraction of sp³-hybridized carbons (Fsp3) is 0.714. The van der Waals surface area contributed by atoms with E-state index in [1.165, 1.54) is 10.4 Å². The lowest BCUT2D eigenvalue weighted by atomic mass is 10.3. The number of aliphatic hydroxyl groups excluding tert-OH is 1. The normalized spacial score (nSPS) is 14.1. The Labute approximate surface area is 127 Å². The van der Waals surface area contributed by atoms with Gasteiger partial charge in [-0.2, -0.15) is 4.31 Å². The molecule has 1 atom stereocenters. The van der Waals surface area contributed by atoms with E-state index in [-0.39, 0.29) is 23.6 Å². The lowest BCUT2D eigenvalue weighted by Gasteiger charge is -2.26. The molecule has 0 bridgehead atoms.